The van der Waals surface area contributed by atoms with E-state index in [1.165, 1.54) is 23.0 Å². The van der Waals surface area contributed by atoms with Crippen LogP contribution in [0.1, 0.15) is 46.0 Å². The number of hydrogen-bond acceptors (Lipinski definition) is 5. The number of rotatable bonds is 9. The molecule has 0 fully saturated rings. The van der Waals surface area contributed by atoms with Gasteiger partial charge in [0.05, 0.1) is 18.4 Å². The predicted octanol–water partition coefficient (Wildman–Crippen LogP) is 5.07. The number of carboxylic acids is 1. The van der Waals surface area contributed by atoms with E-state index >= 15 is 0 Å². The van der Waals surface area contributed by atoms with Gasteiger partial charge in [0, 0.05) is 18.2 Å². The summed E-state index contributed by atoms with van der Waals surface area (Å²) >= 11 is 0. The van der Waals surface area contributed by atoms with Crippen LogP contribution in [0.3, 0.4) is 0 Å². The maximum Gasteiger partial charge on any atom is 0.335 e. The minimum Gasteiger partial charge on any atom is -0.496 e. The molecule has 0 spiro atoms. The summed E-state index contributed by atoms with van der Waals surface area (Å²) in [6, 6.07) is 11.5. The van der Waals surface area contributed by atoms with Crippen molar-refractivity contribution in [2.75, 3.05) is 19.0 Å². The van der Waals surface area contributed by atoms with E-state index in [1.54, 1.807) is 19.2 Å². The van der Waals surface area contributed by atoms with Crippen molar-refractivity contribution in [2.45, 2.75) is 40.0 Å². The molecule has 1 aromatic heterocycles. The van der Waals surface area contributed by atoms with E-state index in [2.05, 4.69) is 41.3 Å². The number of nitrogens with zero attached hydrogens (tertiary/aromatic N) is 2. The Morgan fingerprint density at radius 1 is 1.10 bits per heavy atom. The largest absolute Gasteiger partial charge is 0.496 e. The number of nitrogens with one attached hydrogen (secondary N) is 1. The zero-order chi connectivity index (χ0) is 22.4. The quantitative estimate of drug-likeness (QED) is 0.503. The average Bonchev–Trinajstić information content (AvgIpc) is 2.75. The Bertz CT molecular complexity index is 1080. The summed E-state index contributed by atoms with van der Waals surface area (Å²) in [6.45, 7) is 6.91. The van der Waals surface area contributed by atoms with Crippen LogP contribution in [0.2, 0.25) is 0 Å². The molecule has 2 aromatic carbocycles. The van der Waals surface area contributed by atoms with Gasteiger partial charge in [-0.3, -0.25) is 0 Å². The van der Waals surface area contributed by atoms with Crippen LogP contribution in [-0.2, 0) is 12.8 Å². The number of aryl methyl sites for hydroxylation is 3. The molecule has 31 heavy (non-hydrogen) atoms. The fourth-order valence-electron chi connectivity index (χ4n) is 3.83. The van der Waals surface area contributed by atoms with Gasteiger partial charge in [-0.05, 0) is 67.1 Å². The van der Waals surface area contributed by atoms with E-state index in [9.17, 15) is 9.90 Å². The molecule has 0 amide bonds. The van der Waals surface area contributed by atoms with E-state index in [4.69, 9.17) is 4.74 Å². The SMILES string of the molecule is CCCc1cc(-c2cc(NCCc3c(C)cc(C)cc3OC)ncn2)ccc1C(=O)O. The Morgan fingerprint density at radius 3 is 2.61 bits per heavy atom. The topological polar surface area (TPSA) is 84.3 Å². The smallest absolute Gasteiger partial charge is 0.335 e. The predicted molar refractivity (Wildman–Crippen MR) is 123 cm³/mol. The van der Waals surface area contributed by atoms with Crippen molar-refractivity contribution in [3.05, 3.63) is 70.5 Å². The molecule has 0 aliphatic rings. The second-order valence-electron chi connectivity index (χ2n) is 7.65. The zero-order valence-electron chi connectivity index (χ0n) is 18.5. The Kier molecular flexibility index (Phi) is 7.23. The van der Waals surface area contributed by atoms with Crippen molar-refractivity contribution in [1.82, 2.24) is 9.97 Å². The van der Waals surface area contributed by atoms with Crippen molar-refractivity contribution in [2.24, 2.45) is 0 Å². The van der Waals surface area contributed by atoms with Gasteiger partial charge in [-0.1, -0.05) is 25.5 Å². The van der Waals surface area contributed by atoms with Crippen LogP contribution in [0, 0.1) is 13.8 Å². The third-order valence-corrected chi connectivity index (χ3v) is 5.30. The van der Waals surface area contributed by atoms with Gasteiger partial charge < -0.3 is 15.2 Å². The minimum atomic E-state index is -0.901. The van der Waals surface area contributed by atoms with E-state index in [0.717, 1.165) is 41.2 Å². The highest BCUT2D eigenvalue weighted by atomic mass is 16.5. The summed E-state index contributed by atoms with van der Waals surface area (Å²) in [4.78, 5) is 20.2. The van der Waals surface area contributed by atoms with Crippen LogP contribution in [0.25, 0.3) is 11.3 Å². The van der Waals surface area contributed by atoms with Gasteiger partial charge in [-0.25, -0.2) is 14.8 Å². The highest BCUT2D eigenvalue weighted by Crippen LogP contribution is 2.26. The van der Waals surface area contributed by atoms with Gasteiger partial charge in [0.1, 0.15) is 17.9 Å². The van der Waals surface area contributed by atoms with Crippen LogP contribution in [0.15, 0.2) is 42.7 Å². The zero-order valence-corrected chi connectivity index (χ0v) is 18.5. The Balaban J connectivity index is 1.76. The highest BCUT2D eigenvalue weighted by molar-refractivity contribution is 5.90. The van der Waals surface area contributed by atoms with E-state index in [-0.39, 0.29) is 0 Å². The summed E-state index contributed by atoms with van der Waals surface area (Å²) < 4.78 is 5.55. The van der Waals surface area contributed by atoms with Crippen molar-refractivity contribution >= 4 is 11.8 Å². The summed E-state index contributed by atoms with van der Waals surface area (Å²) in [5.74, 6) is 0.736. The maximum absolute atomic E-state index is 11.5. The lowest BCUT2D eigenvalue weighted by molar-refractivity contribution is 0.0695. The van der Waals surface area contributed by atoms with Crippen LogP contribution in [0.5, 0.6) is 5.75 Å². The number of methoxy groups -OCH3 is 1. The van der Waals surface area contributed by atoms with Gasteiger partial charge in [0.2, 0.25) is 0 Å². The molecule has 3 rings (SSSR count). The number of aromatic carboxylic acids is 1. The summed E-state index contributed by atoms with van der Waals surface area (Å²) in [5.41, 5.74) is 6.39. The number of anilines is 1. The maximum atomic E-state index is 11.5. The van der Waals surface area contributed by atoms with Gasteiger partial charge >= 0.3 is 5.97 Å². The minimum absolute atomic E-state index is 0.348. The third kappa shape index (κ3) is 5.40. The summed E-state index contributed by atoms with van der Waals surface area (Å²) in [7, 11) is 1.70. The van der Waals surface area contributed by atoms with Crippen LogP contribution in [0.4, 0.5) is 5.82 Å². The molecule has 0 saturated carbocycles. The monoisotopic (exact) mass is 419 g/mol. The number of carboxylic acid groups (broad SMARTS) is 1. The second kappa shape index (κ2) is 10.1. The molecule has 0 bridgehead atoms. The molecule has 6 heteroatoms. The van der Waals surface area contributed by atoms with Crippen molar-refractivity contribution < 1.29 is 14.6 Å². The molecule has 0 aliphatic heterocycles. The molecule has 0 saturated heterocycles. The van der Waals surface area contributed by atoms with Gasteiger partial charge in [0.25, 0.3) is 0 Å². The number of hydrogen-bond donors (Lipinski definition) is 2. The standard InChI is InChI=1S/C25H29N3O3/c1-5-6-18-13-19(7-8-21(18)25(29)30)22-14-24(28-15-27-22)26-10-9-20-17(3)11-16(2)12-23(20)31-4/h7-8,11-15H,5-6,9-10H2,1-4H3,(H,29,30)(H,26,27,28). The van der Waals surface area contributed by atoms with Gasteiger partial charge in [-0.2, -0.15) is 0 Å². The molecule has 1 heterocycles. The lowest BCUT2D eigenvalue weighted by Crippen LogP contribution is -2.09. The fourth-order valence-corrected chi connectivity index (χ4v) is 3.83. The fraction of sp³-hybridized carbons (Fsp3) is 0.320. The first kappa shape index (κ1) is 22.3. The van der Waals surface area contributed by atoms with Gasteiger partial charge in [0.15, 0.2) is 0 Å². The lowest BCUT2D eigenvalue weighted by atomic mass is 9.98. The average molecular weight is 420 g/mol. The molecule has 2 N–H and O–H groups in total. The highest BCUT2D eigenvalue weighted by Gasteiger charge is 2.12. The second-order valence-corrected chi connectivity index (χ2v) is 7.65. The number of carbonyl (C=O) groups is 1. The van der Waals surface area contributed by atoms with Crippen molar-refractivity contribution in [3.63, 3.8) is 0 Å². The molecule has 0 unspecified atom stereocenters. The van der Waals surface area contributed by atoms with Crippen molar-refractivity contribution in [1.29, 1.82) is 0 Å². The molecule has 0 atom stereocenters. The van der Waals surface area contributed by atoms with Crippen LogP contribution in [-0.4, -0.2) is 34.7 Å². The molecule has 0 aliphatic carbocycles. The molecule has 6 nitrogen and oxygen atoms in total. The summed E-state index contributed by atoms with van der Waals surface area (Å²) in [5, 5.41) is 12.8. The molecule has 162 valence electrons. The van der Waals surface area contributed by atoms with E-state index in [1.807, 2.05) is 19.1 Å². The molecular formula is C25H29N3O3. The summed E-state index contributed by atoms with van der Waals surface area (Å²) in [6.07, 6.45) is 3.92. The van der Waals surface area contributed by atoms with Crippen LogP contribution < -0.4 is 10.1 Å². The van der Waals surface area contributed by atoms with Crippen LogP contribution >= 0.6 is 0 Å². The Labute approximate surface area is 183 Å². The van der Waals surface area contributed by atoms with E-state index in [0.29, 0.717) is 18.5 Å². The molecule has 0 radical (unpaired) electrons. The normalized spacial score (nSPS) is 10.7. The van der Waals surface area contributed by atoms with Crippen molar-refractivity contribution in [3.8, 4) is 17.0 Å². The first-order valence-corrected chi connectivity index (χ1v) is 10.5. The number of ether oxygens (including phenoxy) is 1. The Morgan fingerprint density at radius 2 is 1.90 bits per heavy atom. The number of aromatic nitrogens is 2. The number of benzene rings is 2. The Hall–Kier alpha value is -3.41. The molecular weight excluding hydrogens is 390 g/mol. The lowest BCUT2D eigenvalue weighted by Gasteiger charge is -2.14. The first-order valence-electron chi connectivity index (χ1n) is 10.5. The molecule has 3 aromatic rings. The third-order valence-electron chi connectivity index (χ3n) is 5.30. The van der Waals surface area contributed by atoms with E-state index < -0.39 is 5.97 Å². The van der Waals surface area contributed by atoms with Gasteiger partial charge in [-0.15, -0.1) is 0 Å². The first-order chi connectivity index (χ1) is 14.9.